The Morgan fingerprint density at radius 1 is 1.33 bits per heavy atom. The highest BCUT2D eigenvalue weighted by Gasteiger charge is 2.41. The van der Waals surface area contributed by atoms with Crippen molar-refractivity contribution in [1.29, 1.82) is 0 Å². The lowest BCUT2D eigenvalue weighted by atomic mass is 10.2. The number of fused-ring (bicyclic) bond motifs is 1. The van der Waals surface area contributed by atoms with Crippen LogP contribution in [0, 0.1) is 5.82 Å². The number of anilines is 1. The summed E-state index contributed by atoms with van der Waals surface area (Å²) in [7, 11) is -2.49. The molecule has 1 N–H and O–H groups in total. The van der Waals surface area contributed by atoms with E-state index in [0.717, 1.165) is 4.31 Å². The summed E-state index contributed by atoms with van der Waals surface area (Å²) in [5.74, 6) is -0.978. The smallest absolute Gasteiger partial charge is 0.270 e. The number of sulfonamides is 1. The van der Waals surface area contributed by atoms with Gasteiger partial charge in [-0.05, 0) is 35.6 Å². The van der Waals surface area contributed by atoms with Gasteiger partial charge in [-0.25, -0.2) is 12.8 Å². The summed E-state index contributed by atoms with van der Waals surface area (Å²) in [4.78, 5) is 12.7. The number of thiophene rings is 1. The first-order chi connectivity index (χ1) is 12.9. The van der Waals surface area contributed by atoms with Gasteiger partial charge in [-0.1, -0.05) is 12.1 Å². The molecule has 0 saturated carbocycles. The van der Waals surface area contributed by atoms with Crippen molar-refractivity contribution in [3.8, 4) is 0 Å². The highest BCUT2D eigenvalue weighted by atomic mass is 32.2. The van der Waals surface area contributed by atoms with Crippen LogP contribution in [0.2, 0.25) is 0 Å². The van der Waals surface area contributed by atoms with E-state index in [9.17, 15) is 17.6 Å². The normalized spacial score (nSPS) is 17.2. The van der Waals surface area contributed by atoms with Crippen molar-refractivity contribution in [1.82, 2.24) is 5.32 Å². The predicted octanol–water partition coefficient (Wildman–Crippen LogP) is 2.89. The van der Waals surface area contributed by atoms with Gasteiger partial charge in [0, 0.05) is 26.5 Å². The highest BCUT2D eigenvalue weighted by Crippen LogP contribution is 2.39. The fraction of sp³-hybridized carbons (Fsp3) is 0.278. The number of methoxy groups -OCH3 is 1. The third kappa shape index (κ3) is 4.05. The zero-order chi connectivity index (χ0) is 19.4. The summed E-state index contributed by atoms with van der Waals surface area (Å²) < 4.78 is 45.8. The molecule has 0 fully saturated rings. The lowest BCUT2D eigenvalue weighted by Gasteiger charge is -2.29. The molecule has 9 heteroatoms. The number of nitrogens with one attached hydrogen (secondary N) is 1. The van der Waals surface area contributed by atoms with E-state index in [1.807, 2.05) is 0 Å². The Labute approximate surface area is 161 Å². The van der Waals surface area contributed by atoms with E-state index in [0.29, 0.717) is 35.7 Å². The van der Waals surface area contributed by atoms with Crippen LogP contribution >= 0.6 is 11.3 Å². The Balaban J connectivity index is 1.94. The molecule has 0 saturated heterocycles. The number of nitrogens with zero attached hydrogens (tertiary/aromatic N) is 1. The summed E-state index contributed by atoms with van der Waals surface area (Å²) in [6.07, 6.45) is 1.92. The molecule has 3 rings (SSSR count). The van der Waals surface area contributed by atoms with Crippen molar-refractivity contribution in [2.24, 2.45) is 0 Å². The Morgan fingerprint density at radius 2 is 2.15 bits per heavy atom. The molecule has 0 spiro atoms. The van der Waals surface area contributed by atoms with Gasteiger partial charge in [-0.3, -0.25) is 9.10 Å². The van der Waals surface area contributed by atoms with Crippen LogP contribution in [0.5, 0.6) is 0 Å². The van der Waals surface area contributed by atoms with Crippen LogP contribution in [0.15, 0.2) is 46.8 Å². The number of benzene rings is 1. The van der Waals surface area contributed by atoms with Gasteiger partial charge in [0.05, 0.1) is 12.2 Å². The number of ketones is 1. The molecule has 27 heavy (non-hydrogen) atoms. The van der Waals surface area contributed by atoms with Gasteiger partial charge in [0.15, 0.2) is 4.91 Å². The highest BCUT2D eigenvalue weighted by molar-refractivity contribution is 7.97. The Hall–Kier alpha value is -2.23. The minimum absolute atomic E-state index is 0.0574. The van der Waals surface area contributed by atoms with Gasteiger partial charge in [-0.2, -0.15) is 0 Å². The average Bonchev–Trinajstić information content (AvgIpc) is 3.11. The van der Waals surface area contributed by atoms with E-state index < -0.39 is 21.6 Å². The Kier molecular flexibility index (Phi) is 5.93. The van der Waals surface area contributed by atoms with Gasteiger partial charge in [0.2, 0.25) is 5.78 Å². The van der Waals surface area contributed by atoms with Gasteiger partial charge >= 0.3 is 0 Å². The van der Waals surface area contributed by atoms with Crippen molar-refractivity contribution in [2.75, 3.05) is 24.6 Å². The van der Waals surface area contributed by atoms with Crippen LogP contribution in [-0.4, -0.2) is 34.5 Å². The van der Waals surface area contributed by atoms with E-state index in [2.05, 4.69) is 5.32 Å². The second-order valence-electron chi connectivity index (χ2n) is 5.91. The summed E-state index contributed by atoms with van der Waals surface area (Å²) in [5.41, 5.74) is 0.822. The van der Waals surface area contributed by atoms with Crippen LogP contribution in [0.25, 0.3) is 0 Å². The number of hydrogen-bond acceptors (Lipinski definition) is 6. The van der Waals surface area contributed by atoms with E-state index in [-0.39, 0.29) is 11.4 Å². The van der Waals surface area contributed by atoms with Crippen molar-refractivity contribution < 1.29 is 22.3 Å². The SMILES string of the molecule is COCCCN/C=C1/C(=O)c2sccc2N(Cc2cccc(F)c2)S1(=O)=O. The molecule has 0 bridgehead atoms. The average molecular weight is 410 g/mol. The standard InChI is InChI=1S/C18H19FN2O4S2/c1-25-8-3-7-20-11-16-17(22)18-15(6-9-26-18)21(27(16,23)24)12-13-4-2-5-14(19)10-13/h2,4-6,9-11,20H,3,7-8,12H2,1H3/b16-11-. The minimum atomic E-state index is -4.07. The maximum atomic E-state index is 13.5. The van der Waals surface area contributed by atoms with Gasteiger partial charge in [0.25, 0.3) is 10.0 Å². The predicted molar refractivity (Wildman–Crippen MR) is 103 cm³/mol. The van der Waals surface area contributed by atoms with E-state index in [1.165, 1.54) is 35.7 Å². The molecule has 0 atom stereocenters. The molecule has 2 aromatic rings. The lowest BCUT2D eigenvalue weighted by molar-refractivity contribution is 0.104. The first-order valence-corrected chi connectivity index (χ1v) is 10.6. The molecule has 0 aliphatic carbocycles. The van der Waals surface area contributed by atoms with Crippen LogP contribution < -0.4 is 9.62 Å². The topological polar surface area (TPSA) is 75.7 Å². The number of hydrogen-bond donors (Lipinski definition) is 1. The van der Waals surface area contributed by atoms with Crippen molar-refractivity contribution >= 4 is 32.8 Å². The maximum Gasteiger partial charge on any atom is 0.270 e. The van der Waals surface area contributed by atoms with Crippen molar-refractivity contribution in [2.45, 2.75) is 13.0 Å². The van der Waals surface area contributed by atoms with Crippen LogP contribution in [-0.2, 0) is 21.3 Å². The van der Waals surface area contributed by atoms with E-state index in [4.69, 9.17) is 4.74 Å². The zero-order valence-corrected chi connectivity index (χ0v) is 16.3. The van der Waals surface area contributed by atoms with Gasteiger partial charge < -0.3 is 10.1 Å². The number of allylic oxidation sites excluding steroid dienone is 1. The minimum Gasteiger partial charge on any atom is -0.390 e. The molecule has 2 heterocycles. The fourth-order valence-electron chi connectivity index (χ4n) is 2.74. The number of carbonyl (C=O) groups is 1. The first-order valence-electron chi connectivity index (χ1n) is 8.27. The summed E-state index contributed by atoms with van der Waals surface area (Å²) in [6.45, 7) is 0.942. The monoisotopic (exact) mass is 410 g/mol. The quantitative estimate of drug-likeness (QED) is 0.561. The van der Waals surface area contributed by atoms with Gasteiger partial charge in [-0.15, -0.1) is 11.3 Å². The molecule has 144 valence electrons. The molecule has 6 nitrogen and oxygen atoms in total. The maximum absolute atomic E-state index is 13.5. The van der Waals surface area contributed by atoms with E-state index in [1.54, 1.807) is 24.6 Å². The molecular formula is C18H19FN2O4S2. The number of halogens is 1. The largest absolute Gasteiger partial charge is 0.390 e. The number of Topliss-reactive ketones (excluding diaryl/α,β-unsaturated/α-hetero) is 1. The summed E-state index contributed by atoms with van der Waals surface area (Å²) in [5, 5.41) is 4.54. The van der Waals surface area contributed by atoms with Crippen molar-refractivity contribution in [3.05, 3.63) is 63.1 Å². The zero-order valence-electron chi connectivity index (χ0n) is 14.6. The van der Waals surface area contributed by atoms with E-state index >= 15 is 0 Å². The molecule has 0 amide bonds. The molecular weight excluding hydrogens is 391 g/mol. The second kappa shape index (κ2) is 8.20. The molecule has 1 aromatic carbocycles. The lowest BCUT2D eigenvalue weighted by Crippen LogP contribution is -2.38. The third-order valence-electron chi connectivity index (χ3n) is 4.03. The van der Waals surface area contributed by atoms with Gasteiger partial charge in [0.1, 0.15) is 10.7 Å². The van der Waals surface area contributed by atoms with Crippen LogP contribution in [0.3, 0.4) is 0 Å². The molecule has 1 aromatic heterocycles. The summed E-state index contributed by atoms with van der Waals surface area (Å²) >= 11 is 1.18. The third-order valence-corrected chi connectivity index (χ3v) is 6.70. The molecule has 0 unspecified atom stereocenters. The van der Waals surface area contributed by atoms with Crippen LogP contribution in [0.4, 0.5) is 10.1 Å². The number of ether oxygens (including phenoxy) is 1. The Bertz CT molecular complexity index is 969. The molecule has 1 aliphatic heterocycles. The van der Waals surface area contributed by atoms with Crippen molar-refractivity contribution in [3.63, 3.8) is 0 Å². The number of carbonyl (C=O) groups excluding carboxylic acids is 1. The number of rotatable bonds is 7. The Morgan fingerprint density at radius 3 is 2.89 bits per heavy atom. The second-order valence-corrected chi connectivity index (χ2v) is 8.66. The molecule has 0 radical (unpaired) electrons. The fourth-order valence-corrected chi connectivity index (χ4v) is 5.25. The van der Waals surface area contributed by atoms with Crippen LogP contribution in [0.1, 0.15) is 21.7 Å². The molecule has 1 aliphatic rings. The summed E-state index contributed by atoms with van der Waals surface area (Å²) in [6, 6.07) is 7.34. The first kappa shape index (κ1) is 19.5.